The second kappa shape index (κ2) is 6.80. The molecule has 1 unspecified atom stereocenters. The maximum Gasteiger partial charge on any atom is 0.354 e. The van der Waals surface area contributed by atoms with E-state index in [1.54, 1.807) is 7.11 Å². The number of carboxylic acids is 1. The van der Waals surface area contributed by atoms with Gasteiger partial charge in [-0.25, -0.2) is 9.78 Å². The first kappa shape index (κ1) is 16.8. The molecule has 2 N–H and O–H groups in total. The second-order valence-corrected chi connectivity index (χ2v) is 5.80. The van der Waals surface area contributed by atoms with Crippen LogP contribution in [0.15, 0.2) is 30.3 Å². The van der Waals surface area contributed by atoms with Gasteiger partial charge in [-0.3, -0.25) is 4.79 Å². The molecule has 1 aromatic heterocycles. The van der Waals surface area contributed by atoms with Crippen molar-refractivity contribution in [3.63, 3.8) is 0 Å². The number of methoxy groups -OCH3 is 1. The Morgan fingerprint density at radius 3 is 2.84 bits per heavy atom. The van der Waals surface area contributed by atoms with E-state index in [1.807, 2.05) is 19.1 Å². The summed E-state index contributed by atoms with van der Waals surface area (Å²) in [6.45, 7) is 2.21. The summed E-state index contributed by atoms with van der Waals surface area (Å²) in [6.07, 6.45) is 0.942. The molecule has 0 aliphatic carbocycles. The van der Waals surface area contributed by atoms with Crippen LogP contribution in [0, 0.1) is 0 Å². The molecule has 130 valence electrons. The number of ether oxygens (including phenoxy) is 2. The summed E-state index contributed by atoms with van der Waals surface area (Å²) in [5.74, 6) is -0.173. The molecule has 1 aliphatic heterocycles. The molecule has 0 radical (unpaired) electrons. The van der Waals surface area contributed by atoms with Crippen LogP contribution in [0.3, 0.4) is 0 Å². The van der Waals surface area contributed by atoms with Crippen molar-refractivity contribution in [1.82, 2.24) is 10.3 Å². The highest BCUT2D eigenvalue weighted by molar-refractivity contribution is 5.94. The van der Waals surface area contributed by atoms with Gasteiger partial charge in [0, 0.05) is 24.1 Å². The van der Waals surface area contributed by atoms with Crippen LogP contribution in [0.1, 0.15) is 39.0 Å². The molecule has 2 aromatic rings. The Morgan fingerprint density at radius 2 is 2.12 bits per heavy atom. The van der Waals surface area contributed by atoms with Crippen LogP contribution in [0.25, 0.3) is 0 Å². The molecule has 7 heteroatoms. The summed E-state index contributed by atoms with van der Waals surface area (Å²) in [7, 11) is 1.57. The van der Waals surface area contributed by atoms with Crippen LogP contribution in [-0.4, -0.2) is 35.2 Å². The van der Waals surface area contributed by atoms with E-state index in [0.717, 1.165) is 23.3 Å². The number of fused-ring (bicyclic) bond motifs is 1. The number of carbonyl (C=O) groups is 2. The van der Waals surface area contributed by atoms with Crippen molar-refractivity contribution in [3.8, 4) is 11.5 Å². The summed E-state index contributed by atoms with van der Waals surface area (Å²) in [5, 5.41) is 11.7. The zero-order chi connectivity index (χ0) is 18.0. The lowest BCUT2D eigenvalue weighted by Gasteiger charge is -2.12. The van der Waals surface area contributed by atoms with Gasteiger partial charge in [-0.15, -0.1) is 0 Å². The van der Waals surface area contributed by atoms with Gasteiger partial charge < -0.3 is 19.9 Å². The molecule has 1 atom stereocenters. The molecule has 3 rings (SSSR count). The van der Waals surface area contributed by atoms with Crippen LogP contribution < -0.4 is 14.8 Å². The van der Waals surface area contributed by atoms with Gasteiger partial charge in [-0.05, 0) is 31.2 Å². The van der Waals surface area contributed by atoms with Crippen molar-refractivity contribution in [2.75, 3.05) is 7.11 Å². The first-order valence-electron chi connectivity index (χ1n) is 7.83. The lowest BCUT2D eigenvalue weighted by atomic mass is 10.1. The van der Waals surface area contributed by atoms with E-state index in [4.69, 9.17) is 14.6 Å². The fourth-order valence-corrected chi connectivity index (χ4v) is 2.76. The number of hydrogen-bond donors (Lipinski definition) is 2. The van der Waals surface area contributed by atoms with Gasteiger partial charge in [-0.1, -0.05) is 6.07 Å². The van der Waals surface area contributed by atoms with Gasteiger partial charge in [0.2, 0.25) is 0 Å². The third kappa shape index (κ3) is 3.55. The molecule has 0 saturated carbocycles. The van der Waals surface area contributed by atoms with E-state index in [1.165, 1.54) is 18.2 Å². The number of nitrogens with one attached hydrogen (secondary N) is 1. The molecule has 0 spiro atoms. The summed E-state index contributed by atoms with van der Waals surface area (Å²) >= 11 is 0. The number of carboxylic acid groups (broad SMARTS) is 1. The molecule has 0 fully saturated rings. The van der Waals surface area contributed by atoms with Crippen molar-refractivity contribution in [2.24, 2.45) is 0 Å². The molecule has 1 amide bonds. The molecule has 1 aliphatic rings. The van der Waals surface area contributed by atoms with Crippen molar-refractivity contribution >= 4 is 11.9 Å². The van der Waals surface area contributed by atoms with Crippen molar-refractivity contribution < 1.29 is 24.2 Å². The Hall–Kier alpha value is -3.09. The topological polar surface area (TPSA) is 97.8 Å². The van der Waals surface area contributed by atoms with E-state index < -0.39 is 11.9 Å². The third-order valence-electron chi connectivity index (χ3n) is 3.94. The fourth-order valence-electron chi connectivity index (χ4n) is 2.76. The second-order valence-electron chi connectivity index (χ2n) is 5.80. The number of aromatic carboxylic acids is 1. The predicted octanol–water partition coefficient (Wildman–Crippen LogP) is 2.04. The lowest BCUT2D eigenvalue weighted by Crippen LogP contribution is -2.24. The minimum atomic E-state index is -1.18. The Labute approximate surface area is 144 Å². The van der Waals surface area contributed by atoms with Gasteiger partial charge in [0.25, 0.3) is 5.91 Å². The molecule has 25 heavy (non-hydrogen) atoms. The van der Waals surface area contributed by atoms with Gasteiger partial charge >= 0.3 is 5.97 Å². The molecule has 0 bridgehead atoms. The minimum Gasteiger partial charge on any atom is -0.496 e. The highest BCUT2D eigenvalue weighted by atomic mass is 16.5. The van der Waals surface area contributed by atoms with Crippen LogP contribution in [0.5, 0.6) is 11.5 Å². The number of nitrogens with zero attached hydrogens (tertiary/aromatic N) is 1. The predicted molar refractivity (Wildman–Crippen MR) is 89.2 cm³/mol. The normalized spacial score (nSPS) is 15.2. The standard InChI is InChI=1S/C18H18N2O5/c1-10-6-11-7-15(24-2)12(8-16(11)25-10)9-19-17(21)13-4-3-5-14(20-13)18(22)23/h3-5,7-8,10H,6,9H2,1-2H3,(H,19,21)(H,22,23). The van der Waals surface area contributed by atoms with E-state index in [0.29, 0.717) is 5.75 Å². The monoisotopic (exact) mass is 342 g/mol. The van der Waals surface area contributed by atoms with Gasteiger partial charge in [0.1, 0.15) is 29.0 Å². The lowest BCUT2D eigenvalue weighted by molar-refractivity contribution is 0.0690. The number of rotatable bonds is 5. The number of aromatic nitrogens is 1. The Morgan fingerprint density at radius 1 is 1.36 bits per heavy atom. The van der Waals surface area contributed by atoms with Crippen molar-refractivity contribution in [3.05, 3.63) is 52.8 Å². The minimum absolute atomic E-state index is 0.0462. The Kier molecular flexibility index (Phi) is 4.56. The van der Waals surface area contributed by atoms with Gasteiger partial charge in [-0.2, -0.15) is 0 Å². The summed E-state index contributed by atoms with van der Waals surface area (Å²) in [5.41, 5.74) is 1.73. The highest BCUT2D eigenvalue weighted by Crippen LogP contribution is 2.34. The van der Waals surface area contributed by atoms with Crippen LogP contribution in [0.2, 0.25) is 0 Å². The molecule has 7 nitrogen and oxygen atoms in total. The SMILES string of the molecule is COc1cc2c(cc1CNC(=O)c1cccc(C(=O)O)n1)OC(C)C2. The number of amides is 1. The zero-order valence-electron chi connectivity index (χ0n) is 13.9. The highest BCUT2D eigenvalue weighted by Gasteiger charge is 2.22. The molecule has 1 aromatic carbocycles. The molecular weight excluding hydrogens is 324 g/mol. The average Bonchev–Trinajstić information content (AvgIpc) is 2.97. The Balaban J connectivity index is 1.75. The average molecular weight is 342 g/mol. The fraction of sp³-hybridized carbons (Fsp3) is 0.278. The van der Waals surface area contributed by atoms with Crippen molar-refractivity contribution in [1.29, 1.82) is 0 Å². The molecule has 0 saturated heterocycles. The van der Waals surface area contributed by atoms with E-state index in [2.05, 4.69) is 10.3 Å². The number of benzene rings is 1. The Bertz CT molecular complexity index is 834. The number of carbonyl (C=O) groups excluding carboxylic acids is 1. The summed E-state index contributed by atoms with van der Waals surface area (Å²) in [4.78, 5) is 27.0. The number of hydrogen-bond acceptors (Lipinski definition) is 5. The zero-order valence-corrected chi connectivity index (χ0v) is 13.9. The molecular formula is C18H18N2O5. The first-order valence-corrected chi connectivity index (χ1v) is 7.83. The quantitative estimate of drug-likeness (QED) is 0.863. The van der Waals surface area contributed by atoms with E-state index in [9.17, 15) is 9.59 Å². The smallest absolute Gasteiger partial charge is 0.354 e. The van der Waals surface area contributed by atoms with Crippen LogP contribution in [0.4, 0.5) is 0 Å². The van der Waals surface area contributed by atoms with Crippen LogP contribution in [-0.2, 0) is 13.0 Å². The third-order valence-corrected chi connectivity index (χ3v) is 3.94. The first-order chi connectivity index (χ1) is 12.0. The van der Waals surface area contributed by atoms with E-state index >= 15 is 0 Å². The maximum absolute atomic E-state index is 12.2. The summed E-state index contributed by atoms with van der Waals surface area (Å²) < 4.78 is 11.1. The van der Waals surface area contributed by atoms with Gasteiger partial charge in [0.05, 0.1) is 7.11 Å². The number of pyridine rings is 1. The van der Waals surface area contributed by atoms with E-state index in [-0.39, 0.29) is 24.0 Å². The van der Waals surface area contributed by atoms with Gasteiger partial charge in [0.15, 0.2) is 0 Å². The molecule has 2 heterocycles. The largest absolute Gasteiger partial charge is 0.496 e. The van der Waals surface area contributed by atoms with Crippen LogP contribution >= 0.6 is 0 Å². The maximum atomic E-state index is 12.2. The summed E-state index contributed by atoms with van der Waals surface area (Å²) in [6, 6.07) is 8.06. The van der Waals surface area contributed by atoms with Crippen molar-refractivity contribution in [2.45, 2.75) is 26.0 Å².